The van der Waals surface area contributed by atoms with E-state index in [0.29, 0.717) is 12.8 Å². The lowest BCUT2D eigenvalue weighted by molar-refractivity contribution is -0.140. The highest BCUT2D eigenvalue weighted by Gasteiger charge is 2.28. The Bertz CT molecular complexity index is 397. The topological polar surface area (TPSA) is 95.9 Å². The molecule has 0 aromatic heterocycles. The quantitative estimate of drug-likeness (QED) is 0.683. The van der Waals surface area contributed by atoms with E-state index in [2.05, 4.69) is 5.32 Å². The van der Waals surface area contributed by atoms with E-state index in [1.807, 2.05) is 0 Å². The van der Waals surface area contributed by atoms with E-state index in [9.17, 15) is 14.7 Å². The van der Waals surface area contributed by atoms with E-state index < -0.39 is 29.6 Å². The molecule has 1 rings (SSSR count). The Morgan fingerprint density at radius 3 is 2.65 bits per heavy atom. The number of carboxylic acids is 1. The number of rotatable bonds is 4. The molecule has 114 valence electrons. The largest absolute Gasteiger partial charge is 0.481 e. The number of carbonyl (C=O) groups excluding carboxylic acids is 1. The molecule has 6 nitrogen and oxygen atoms in total. The second-order valence-corrected chi connectivity index (χ2v) is 5.96. The molecule has 1 amide bonds. The summed E-state index contributed by atoms with van der Waals surface area (Å²) in [6.45, 7) is 4.94. The van der Waals surface area contributed by atoms with Gasteiger partial charge >= 0.3 is 12.1 Å². The Morgan fingerprint density at radius 2 is 2.15 bits per heavy atom. The molecule has 0 saturated heterocycles. The standard InChI is InChI=1S/C14H23NO5/c1-14(2,3)20-13(19)15-10(8-16)7-9-5-4-6-11(9)12(17)18/h7,10-11,16H,4-6,8H2,1-3H3,(H,15,19)(H,17,18)/b9-7-/t10-,11-/m1/s1. The zero-order valence-electron chi connectivity index (χ0n) is 12.2. The average Bonchev–Trinajstić information content (AvgIpc) is 2.73. The van der Waals surface area contributed by atoms with Crippen molar-refractivity contribution in [2.24, 2.45) is 5.92 Å². The molecule has 1 saturated carbocycles. The summed E-state index contributed by atoms with van der Waals surface area (Å²) in [5.74, 6) is -1.37. The van der Waals surface area contributed by atoms with Crippen LogP contribution in [-0.4, -0.2) is 40.5 Å². The van der Waals surface area contributed by atoms with Crippen LogP contribution < -0.4 is 5.32 Å². The molecule has 0 radical (unpaired) electrons. The predicted molar refractivity (Wildman–Crippen MR) is 73.3 cm³/mol. The molecular formula is C14H23NO5. The number of alkyl carbamates (subject to hydrolysis) is 1. The van der Waals surface area contributed by atoms with E-state index in [1.165, 1.54) is 0 Å². The Balaban J connectivity index is 2.67. The molecule has 0 aliphatic heterocycles. The predicted octanol–water partition coefficient (Wildman–Crippen LogP) is 1.68. The summed E-state index contributed by atoms with van der Waals surface area (Å²) in [4.78, 5) is 22.7. The fourth-order valence-electron chi connectivity index (χ4n) is 2.21. The molecule has 0 bridgehead atoms. The fourth-order valence-corrected chi connectivity index (χ4v) is 2.21. The molecule has 1 aliphatic rings. The van der Waals surface area contributed by atoms with Crippen molar-refractivity contribution in [1.82, 2.24) is 5.32 Å². The third kappa shape index (κ3) is 5.21. The maximum absolute atomic E-state index is 11.6. The van der Waals surface area contributed by atoms with Crippen LogP contribution in [-0.2, 0) is 9.53 Å². The van der Waals surface area contributed by atoms with Gasteiger partial charge in [0.15, 0.2) is 0 Å². The summed E-state index contributed by atoms with van der Waals surface area (Å²) in [5.41, 5.74) is 0.140. The third-order valence-electron chi connectivity index (χ3n) is 3.02. The number of carboxylic acid groups (broad SMARTS) is 1. The zero-order chi connectivity index (χ0) is 15.3. The first kappa shape index (κ1) is 16.5. The molecule has 0 unspecified atom stereocenters. The van der Waals surface area contributed by atoms with Crippen molar-refractivity contribution in [1.29, 1.82) is 0 Å². The highest BCUT2D eigenvalue weighted by atomic mass is 16.6. The molecular weight excluding hydrogens is 262 g/mol. The van der Waals surface area contributed by atoms with Crippen LogP contribution >= 0.6 is 0 Å². The van der Waals surface area contributed by atoms with Gasteiger partial charge in [-0.25, -0.2) is 4.79 Å². The number of nitrogens with one attached hydrogen (secondary N) is 1. The van der Waals surface area contributed by atoms with Gasteiger partial charge in [0, 0.05) is 0 Å². The average molecular weight is 285 g/mol. The normalized spacial score (nSPS) is 22.6. The van der Waals surface area contributed by atoms with E-state index >= 15 is 0 Å². The van der Waals surface area contributed by atoms with E-state index in [4.69, 9.17) is 9.84 Å². The van der Waals surface area contributed by atoms with Crippen molar-refractivity contribution in [3.05, 3.63) is 11.6 Å². The lowest BCUT2D eigenvalue weighted by atomic mass is 10.0. The van der Waals surface area contributed by atoms with Crippen LogP contribution in [0.15, 0.2) is 11.6 Å². The lowest BCUT2D eigenvalue weighted by Gasteiger charge is -2.22. The van der Waals surface area contributed by atoms with Gasteiger partial charge < -0.3 is 20.3 Å². The van der Waals surface area contributed by atoms with Gasteiger partial charge in [-0.2, -0.15) is 0 Å². The molecule has 0 aromatic carbocycles. The van der Waals surface area contributed by atoms with Crippen molar-refractivity contribution in [3.8, 4) is 0 Å². The SMILES string of the molecule is CC(C)(C)OC(=O)N[C@H](/C=C1/CCC[C@H]1C(=O)O)CO. The summed E-state index contributed by atoms with van der Waals surface area (Å²) in [5, 5.41) is 20.9. The minimum Gasteiger partial charge on any atom is -0.481 e. The van der Waals surface area contributed by atoms with Crippen LogP contribution in [0.2, 0.25) is 0 Å². The number of ether oxygens (including phenoxy) is 1. The maximum atomic E-state index is 11.6. The molecule has 2 atom stereocenters. The smallest absolute Gasteiger partial charge is 0.408 e. The van der Waals surface area contributed by atoms with Crippen molar-refractivity contribution in [2.75, 3.05) is 6.61 Å². The van der Waals surface area contributed by atoms with Crippen molar-refractivity contribution < 1.29 is 24.5 Å². The van der Waals surface area contributed by atoms with Crippen LogP contribution in [0.3, 0.4) is 0 Å². The first-order valence-corrected chi connectivity index (χ1v) is 6.76. The van der Waals surface area contributed by atoms with Gasteiger partial charge in [0.25, 0.3) is 0 Å². The Hall–Kier alpha value is -1.56. The van der Waals surface area contributed by atoms with E-state index in [-0.39, 0.29) is 6.61 Å². The Morgan fingerprint density at radius 1 is 1.50 bits per heavy atom. The van der Waals surface area contributed by atoms with Crippen molar-refractivity contribution in [2.45, 2.75) is 51.7 Å². The molecule has 20 heavy (non-hydrogen) atoms. The van der Waals surface area contributed by atoms with Crippen LogP contribution in [0.4, 0.5) is 4.79 Å². The molecule has 1 fully saturated rings. The van der Waals surface area contributed by atoms with Gasteiger partial charge in [-0.3, -0.25) is 4.79 Å². The van der Waals surface area contributed by atoms with E-state index in [0.717, 1.165) is 12.0 Å². The Kier molecular flexibility index (Phi) is 5.56. The molecule has 0 heterocycles. The second kappa shape index (κ2) is 6.74. The van der Waals surface area contributed by atoms with Gasteiger partial charge in [-0.05, 0) is 40.0 Å². The Labute approximate surface area is 118 Å². The first-order chi connectivity index (χ1) is 9.23. The first-order valence-electron chi connectivity index (χ1n) is 6.76. The minimum absolute atomic E-state index is 0.297. The molecule has 3 N–H and O–H groups in total. The number of aliphatic hydroxyl groups excluding tert-OH is 1. The van der Waals surface area contributed by atoms with Crippen molar-refractivity contribution in [3.63, 3.8) is 0 Å². The minimum atomic E-state index is -0.859. The van der Waals surface area contributed by atoms with Crippen LogP contribution in [0.5, 0.6) is 0 Å². The summed E-state index contributed by atoms with van der Waals surface area (Å²) in [6, 6.07) is -0.625. The number of hydrogen-bond donors (Lipinski definition) is 3. The van der Waals surface area contributed by atoms with Gasteiger partial charge in [0.2, 0.25) is 0 Å². The molecule has 1 aliphatic carbocycles. The number of hydrogen-bond acceptors (Lipinski definition) is 4. The number of amides is 1. The van der Waals surface area contributed by atoms with Crippen LogP contribution in [0.25, 0.3) is 0 Å². The summed E-state index contributed by atoms with van der Waals surface area (Å²) < 4.78 is 5.10. The highest BCUT2D eigenvalue weighted by molar-refractivity contribution is 5.74. The summed E-state index contributed by atoms with van der Waals surface area (Å²) in [6.07, 6.45) is 3.11. The highest BCUT2D eigenvalue weighted by Crippen LogP contribution is 2.31. The van der Waals surface area contributed by atoms with Gasteiger partial charge in [-0.15, -0.1) is 0 Å². The monoisotopic (exact) mass is 285 g/mol. The van der Waals surface area contributed by atoms with Crippen molar-refractivity contribution >= 4 is 12.1 Å². The summed E-state index contributed by atoms with van der Waals surface area (Å²) in [7, 11) is 0. The molecule has 0 aromatic rings. The number of aliphatic hydroxyl groups is 1. The number of aliphatic carboxylic acids is 1. The summed E-state index contributed by atoms with van der Waals surface area (Å²) >= 11 is 0. The lowest BCUT2D eigenvalue weighted by Crippen LogP contribution is -2.40. The zero-order valence-corrected chi connectivity index (χ0v) is 12.2. The van der Waals surface area contributed by atoms with Crippen LogP contribution in [0, 0.1) is 5.92 Å². The van der Waals surface area contributed by atoms with Gasteiger partial charge in [0.05, 0.1) is 18.6 Å². The molecule has 0 spiro atoms. The molecule has 6 heteroatoms. The second-order valence-electron chi connectivity index (χ2n) is 5.96. The number of carbonyl (C=O) groups is 2. The van der Waals surface area contributed by atoms with Gasteiger partial charge in [0.1, 0.15) is 5.60 Å². The third-order valence-corrected chi connectivity index (χ3v) is 3.02. The van der Waals surface area contributed by atoms with E-state index in [1.54, 1.807) is 26.8 Å². The fraction of sp³-hybridized carbons (Fsp3) is 0.714. The maximum Gasteiger partial charge on any atom is 0.408 e. The van der Waals surface area contributed by atoms with Gasteiger partial charge in [-0.1, -0.05) is 11.6 Å². The van der Waals surface area contributed by atoms with Crippen LogP contribution in [0.1, 0.15) is 40.0 Å².